The van der Waals surface area contributed by atoms with Crippen molar-refractivity contribution < 1.29 is 18.8 Å². The molecule has 1 saturated heterocycles. The number of benzene rings is 4. The molecule has 2 N–H and O–H groups in total. The van der Waals surface area contributed by atoms with Gasteiger partial charge in [-0.25, -0.2) is 4.79 Å². The van der Waals surface area contributed by atoms with Gasteiger partial charge >= 0.3 is 6.03 Å². The Morgan fingerprint density at radius 3 is 2.29 bits per heavy atom. The second-order valence-corrected chi connectivity index (χ2v) is 19.0. The average Bonchev–Trinajstić information content (AvgIpc) is 3.55. The van der Waals surface area contributed by atoms with Crippen LogP contribution in [-0.2, 0) is 22.6 Å². The number of anilines is 1. The standard InChI is InChI=1S/C39H48N4O4Si/c1-39(2,3)48(5,6)47-35-21-13-12-19-32(35)41-38(46)43-24-14-20-34(43)36(44)40-33(37(45)42(4)27-28-15-8-7-9-16-28)26-29-22-23-30-17-10-11-18-31(30)25-29/h7-13,15-19,21-23,25,33-34H,14,20,24,26-27H2,1-6H3,(H,40,44)(H,41,46)/t33-,34-/m0/s1. The van der Waals surface area contributed by atoms with Crippen molar-refractivity contribution in [3.8, 4) is 5.75 Å². The summed E-state index contributed by atoms with van der Waals surface area (Å²) in [6, 6.07) is 29.5. The van der Waals surface area contributed by atoms with Crippen LogP contribution < -0.4 is 15.1 Å². The van der Waals surface area contributed by atoms with Crippen molar-refractivity contribution in [3.63, 3.8) is 0 Å². The van der Waals surface area contributed by atoms with Crippen molar-refractivity contribution in [3.05, 3.63) is 108 Å². The zero-order valence-corrected chi connectivity index (χ0v) is 30.0. The summed E-state index contributed by atoms with van der Waals surface area (Å²) < 4.78 is 6.55. The van der Waals surface area contributed by atoms with Crippen LogP contribution in [0.4, 0.5) is 10.5 Å². The number of hydrogen-bond donors (Lipinski definition) is 2. The molecule has 4 aromatic carbocycles. The van der Waals surface area contributed by atoms with E-state index in [4.69, 9.17) is 4.43 Å². The summed E-state index contributed by atoms with van der Waals surface area (Å²) in [7, 11) is -0.410. The van der Waals surface area contributed by atoms with Gasteiger partial charge in [0.1, 0.15) is 17.8 Å². The molecule has 8 nitrogen and oxygen atoms in total. The molecule has 1 aliphatic heterocycles. The quantitative estimate of drug-likeness (QED) is 0.171. The number of carbonyl (C=O) groups excluding carboxylic acids is 3. The Balaban J connectivity index is 1.33. The number of hydrogen-bond acceptors (Lipinski definition) is 4. The van der Waals surface area contributed by atoms with Crippen molar-refractivity contribution in [1.82, 2.24) is 15.1 Å². The van der Waals surface area contributed by atoms with E-state index in [-0.39, 0.29) is 22.9 Å². The molecule has 48 heavy (non-hydrogen) atoms. The van der Waals surface area contributed by atoms with Crippen molar-refractivity contribution in [1.29, 1.82) is 0 Å². The van der Waals surface area contributed by atoms with Gasteiger partial charge in [-0.15, -0.1) is 0 Å². The van der Waals surface area contributed by atoms with Crippen molar-refractivity contribution in [2.24, 2.45) is 0 Å². The van der Waals surface area contributed by atoms with Gasteiger partial charge in [0.25, 0.3) is 8.32 Å². The maximum Gasteiger partial charge on any atom is 0.322 e. The Kier molecular flexibility index (Phi) is 10.6. The van der Waals surface area contributed by atoms with E-state index in [1.165, 1.54) is 0 Å². The Morgan fingerprint density at radius 2 is 1.56 bits per heavy atom. The van der Waals surface area contributed by atoms with Crippen LogP contribution in [0.15, 0.2) is 97.1 Å². The minimum Gasteiger partial charge on any atom is -0.542 e. The van der Waals surface area contributed by atoms with Crippen molar-refractivity contribution in [2.75, 3.05) is 18.9 Å². The zero-order chi connectivity index (χ0) is 34.5. The monoisotopic (exact) mass is 664 g/mol. The molecule has 252 valence electrons. The summed E-state index contributed by atoms with van der Waals surface area (Å²) in [6.45, 7) is 11.7. The number of likely N-dealkylation sites (tertiary alicyclic amines) is 1. The fraction of sp³-hybridized carbons (Fsp3) is 0.359. The number of rotatable bonds is 10. The molecular formula is C39H48N4O4Si. The van der Waals surface area contributed by atoms with Crippen LogP contribution in [0.1, 0.15) is 44.7 Å². The predicted molar refractivity (Wildman–Crippen MR) is 196 cm³/mol. The molecule has 4 aromatic rings. The van der Waals surface area contributed by atoms with E-state index in [1.54, 1.807) is 16.8 Å². The van der Waals surface area contributed by atoms with Crippen LogP contribution in [0.2, 0.25) is 18.1 Å². The third-order valence-corrected chi connectivity index (χ3v) is 14.0. The van der Waals surface area contributed by atoms with Crippen LogP contribution >= 0.6 is 0 Å². The molecule has 1 fully saturated rings. The molecule has 5 rings (SSSR count). The maximum absolute atomic E-state index is 14.0. The lowest BCUT2D eigenvalue weighted by molar-refractivity contribution is -0.136. The SMILES string of the molecule is CN(Cc1ccccc1)C(=O)[C@H](Cc1ccc2ccccc2c1)NC(=O)[C@@H]1CCCN1C(=O)Nc1ccccc1O[Si](C)(C)C(C)(C)C. The third-order valence-electron chi connectivity index (χ3n) is 9.62. The number of likely N-dealkylation sites (N-methyl/N-ethyl adjacent to an activating group) is 1. The predicted octanol–water partition coefficient (Wildman–Crippen LogP) is 7.61. The number of nitrogens with zero attached hydrogens (tertiary/aromatic N) is 2. The van der Waals surface area contributed by atoms with Gasteiger partial charge in [-0.05, 0) is 65.0 Å². The molecule has 2 atom stereocenters. The number of amides is 4. The molecule has 0 bridgehead atoms. The van der Waals surface area contributed by atoms with Gasteiger partial charge in [0.05, 0.1) is 5.69 Å². The smallest absolute Gasteiger partial charge is 0.322 e. The lowest BCUT2D eigenvalue weighted by atomic mass is 10.00. The van der Waals surface area contributed by atoms with E-state index in [0.717, 1.165) is 21.9 Å². The summed E-state index contributed by atoms with van der Waals surface area (Å²) in [5, 5.41) is 8.24. The summed E-state index contributed by atoms with van der Waals surface area (Å²) in [4.78, 5) is 44.8. The number of carbonyl (C=O) groups is 3. The molecule has 0 spiro atoms. The van der Waals surface area contributed by atoms with Crippen molar-refractivity contribution >= 4 is 42.6 Å². The summed E-state index contributed by atoms with van der Waals surface area (Å²) >= 11 is 0. The van der Waals surface area contributed by atoms with Crippen LogP contribution in [0.5, 0.6) is 5.75 Å². The molecule has 0 aromatic heterocycles. The lowest BCUT2D eigenvalue weighted by Gasteiger charge is -2.37. The molecule has 0 aliphatic carbocycles. The number of urea groups is 1. The third kappa shape index (κ3) is 8.25. The van der Waals surface area contributed by atoms with Crippen LogP contribution in [0.25, 0.3) is 10.8 Å². The molecule has 0 unspecified atom stereocenters. The largest absolute Gasteiger partial charge is 0.542 e. The first-order valence-electron chi connectivity index (χ1n) is 16.7. The van der Waals surface area contributed by atoms with Gasteiger partial charge < -0.3 is 24.9 Å². The minimum absolute atomic E-state index is 0.0156. The second kappa shape index (κ2) is 14.6. The zero-order valence-electron chi connectivity index (χ0n) is 29.0. The first-order chi connectivity index (χ1) is 22.8. The fourth-order valence-electron chi connectivity index (χ4n) is 5.83. The van der Waals surface area contributed by atoms with E-state index >= 15 is 0 Å². The molecule has 9 heteroatoms. The first kappa shape index (κ1) is 34.7. The minimum atomic E-state index is -2.17. The molecule has 1 heterocycles. The molecule has 1 aliphatic rings. The second-order valence-electron chi connectivity index (χ2n) is 14.3. The normalized spacial score (nSPS) is 15.5. The summed E-state index contributed by atoms with van der Waals surface area (Å²) in [5.41, 5.74) is 2.52. The van der Waals surface area contributed by atoms with Crippen LogP contribution in [0.3, 0.4) is 0 Å². The molecule has 0 radical (unpaired) electrons. The highest BCUT2D eigenvalue weighted by Crippen LogP contribution is 2.39. The van der Waals surface area contributed by atoms with E-state index in [9.17, 15) is 14.4 Å². The van der Waals surface area contributed by atoms with Gasteiger partial charge in [-0.2, -0.15) is 0 Å². The van der Waals surface area contributed by atoms with E-state index in [2.05, 4.69) is 56.6 Å². The van der Waals surface area contributed by atoms with E-state index < -0.39 is 20.4 Å². The van der Waals surface area contributed by atoms with Crippen molar-refractivity contribution in [2.45, 2.75) is 76.8 Å². The lowest BCUT2D eigenvalue weighted by Crippen LogP contribution is -2.54. The van der Waals surface area contributed by atoms with Gasteiger partial charge in [0.2, 0.25) is 11.8 Å². The highest BCUT2D eigenvalue weighted by molar-refractivity contribution is 6.74. The fourth-order valence-corrected chi connectivity index (χ4v) is 6.86. The van der Waals surface area contributed by atoms with Gasteiger partial charge in [-0.3, -0.25) is 9.59 Å². The average molecular weight is 665 g/mol. The molecular weight excluding hydrogens is 617 g/mol. The Labute approximate surface area is 285 Å². The summed E-state index contributed by atoms with van der Waals surface area (Å²) in [6.07, 6.45) is 1.52. The Bertz CT molecular complexity index is 1750. The topological polar surface area (TPSA) is 91.0 Å². The highest BCUT2D eigenvalue weighted by atomic mass is 28.4. The number of para-hydroxylation sites is 2. The Hall–Kier alpha value is -4.63. The number of nitrogens with one attached hydrogen (secondary N) is 2. The molecule has 0 saturated carbocycles. The van der Waals surface area contributed by atoms with Gasteiger partial charge in [0, 0.05) is 26.6 Å². The van der Waals surface area contributed by atoms with Gasteiger partial charge in [0.15, 0.2) is 0 Å². The Morgan fingerprint density at radius 1 is 0.896 bits per heavy atom. The van der Waals surface area contributed by atoms with Gasteiger partial charge in [-0.1, -0.05) is 106 Å². The van der Waals surface area contributed by atoms with E-state index in [0.29, 0.717) is 43.8 Å². The first-order valence-corrected chi connectivity index (χ1v) is 19.7. The summed E-state index contributed by atoms with van der Waals surface area (Å²) in [5.74, 6) is 0.104. The highest BCUT2D eigenvalue weighted by Gasteiger charge is 2.40. The van der Waals surface area contributed by atoms with E-state index in [1.807, 2.05) is 84.9 Å². The maximum atomic E-state index is 14.0. The number of fused-ring (bicyclic) bond motifs is 1. The molecule has 4 amide bonds. The van der Waals surface area contributed by atoms with Crippen LogP contribution in [-0.4, -0.2) is 61.6 Å². The van der Waals surface area contributed by atoms with Crippen LogP contribution in [0, 0.1) is 0 Å².